The zero-order valence-electron chi connectivity index (χ0n) is 11.5. The molecule has 0 aromatic heterocycles. The van der Waals surface area contributed by atoms with Crippen molar-refractivity contribution < 1.29 is 18.0 Å². The van der Waals surface area contributed by atoms with E-state index in [9.17, 15) is 0 Å². The Kier molecular flexibility index (Phi) is 10.5. The Hall–Kier alpha value is -0.363. The molecular formula is C12H26O4Si. The molecule has 0 aromatic rings. The van der Waals surface area contributed by atoms with Crippen LogP contribution in [0.4, 0.5) is 0 Å². The molecule has 0 rings (SSSR count). The monoisotopic (exact) mass is 262 g/mol. The van der Waals surface area contributed by atoms with Gasteiger partial charge in [0.05, 0.1) is 12.9 Å². The van der Waals surface area contributed by atoms with Gasteiger partial charge in [0.1, 0.15) is 0 Å². The Labute approximate surface area is 106 Å². The number of rotatable bonds is 11. The van der Waals surface area contributed by atoms with Crippen LogP contribution < -0.4 is 0 Å². The molecule has 0 spiro atoms. The van der Waals surface area contributed by atoms with Gasteiger partial charge in [0, 0.05) is 25.9 Å². The van der Waals surface area contributed by atoms with Gasteiger partial charge in [-0.3, -0.25) is 0 Å². The lowest BCUT2D eigenvalue weighted by atomic mass is 10.5. The summed E-state index contributed by atoms with van der Waals surface area (Å²) >= 11 is 0. The topological polar surface area (TPSA) is 36.9 Å². The molecule has 0 saturated heterocycles. The Morgan fingerprint density at radius 1 is 0.941 bits per heavy atom. The molecule has 0 unspecified atom stereocenters. The molecule has 4 nitrogen and oxygen atoms in total. The van der Waals surface area contributed by atoms with Crippen LogP contribution in [-0.4, -0.2) is 35.2 Å². The molecule has 0 amide bonds. The van der Waals surface area contributed by atoms with Crippen LogP contribution in [0.5, 0.6) is 0 Å². The molecule has 0 heterocycles. The standard InChI is InChI=1S/C12H26O4Si/c1-5-10-13-11-9-12-17(14-6-2,15-7-3)16-8-4/h5,10H,6-9,11-12H2,1-4H3/b10-5-. The Morgan fingerprint density at radius 2 is 1.47 bits per heavy atom. The predicted octanol–water partition coefficient (Wildman–Crippen LogP) is 2.98. The molecule has 0 aliphatic heterocycles. The van der Waals surface area contributed by atoms with Crippen LogP contribution in [0, 0.1) is 0 Å². The number of allylic oxidation sites excluding steroid dienone is 1. The number of hydrogen-bond donors (Lipinski definition) is 0. The molecular weight excluding hydrogens is 236 g/mol. The van der Waals surface area contributed by atoms with E-state index < -0.39 is 8.80 Å². The second-order valence-electron chi connectivity index (χ2n) is 3.43. The second kappa shape index (κ2) is 10.8. The highest BCUT2D eigenvalue weighted by Gasteiger charge is 2.39. The molecule has 0 radical (unpaired) electrons. The number of ether oxygens (including phenoxy) is 1. The van der Waals surface area contributed by atoms with Gasteiger partial charge in [-0.15, -0.1) is 0 Å². The Morgan fingerprint density at radius 3 is 1.88 bits per heavy atom. The van der Waals surface area contributed by atoms with Crippen LogP contribution >= 0.6 is 0 Å². The van der Waals surface area contributed by atoms with Gasteiger partial charge in [0.2, 0.25) is 0 Å². The fraction of sp³-hybridized carbons (Fsp3) is 0.833. The summed E-state index contributed by atoms with van der Waals surface area (Å²) in [6, 6.07) is 0.806. The maximum Gasteiger partial charge on any atom is 0.501 e. The maximum absolute atomic E-state index is 5.74. The van der Waals surface area contributed by atoms with E-state index in [1.165, 1.54) is 0 Å². The van der Waals surface area contributed by atoms with Crippen molar-refractivity contribution in [3.8, 4) is 0 Å². The van der Waals surface area contributed by atoms with Crippen molar-refractivity contribution in [3.63, 3.8) is 0 Å². The van der Waals surface area contributed by atoms with Gasteiger partial charge >= 0.3 is 8.80 Å². The SMILES string of the molecule is C/C=C\OCCC[Si](OCC)(OCC)OCC. The summed E-state index contributed by atoms with van der Waals surface area (Å²) in [6.07, 6.45) is 4.46. The van der Waals surface area contributed by atoms with Crippen molar-refractivity contribution >= 4 is 8.80 Å². The molecule has 17 heavy (non-hydrogen) atoms. The highest BCUT2D eigenvalue weighted by Crippen LogP contribution is 2.18. The summed E-state index contributed by atoms with van der Waals surface area (Å²) in [6.45, 7) is 10.4. The Balaban J connectivity index is 4.13. The van der Waals surface area contributed by atoms with Gasteiger partial charge in [0.15, 0.2) is 0 Å². The van der Waals surface area contributed by atoms with E-state index in [2.05, 4.69) is 0 Å². The quantitative estimate of drug-likeness (QED) is 0.326. The summed E-state index contributed by atoms with van der Waals surface area (Å²) in [4.78, 5) is 0. The molecule has 0 bridgehead atoms. The fourth-order valence-corrected chi connectivity index (χ4v) is 4.12. The summed E-state index contributed by atoms with van der Waals surface area (Å²) in [7, 11) is -2.46. The van der Waals surface area contributed by atoms with Crippen LogP contribution in [-0.2, 0) is 18.0 Å². The van der Waals surface area contributed by atoms with Crippen LogP contribution in [0.15, 0.2) is 12.3 Å². The highest BCUT2D eigenvalue weighted by atomic mass is 28.4. The summed E-state index contributed by atoms with van der Waals surface area (Å²) in [5.41, 5.74) is 0. The van der Waals surface area contributed by atoms with E-state index >= 15 is 0 Å². The zero-order valence-corrected chi connectivity index (χ0v) is 12.5. The lowest BCUT2D eigenvalue weighted by molar-refractivity contribution is 0.0690. The minimum absolute atomic E-state index is 0.627. The van der Waals surface area contributed by atoms with Gasteiger partial charge in [-0.1, -0.05) is 6.08 Å². The Bertz CT molecular complexity index is 180. The summed E-state index contributed by atoms with van der Waals surface area (Å²) in [5.74, 6) is 0. The molecule has 0 aliphatic rings. The van der Waals surface area contributed by atoms with Gasteiger partial charge in [0.25, 0.3) is 0 Å². The first-order valence-electron chi connectivity index (χ1n) is 6.39. The van der Waals surface area contributed by atoms with E-state index in [1.54, 1.807) is 6.26 Å². The van der Waals surface area contributed by atoms with Crippen LogP contribution in [0.1, 0.15) is 34.1 Å². The van der Waals surface area contributed by atoms with Crippen molar-refractivity contribution in [1.29, 1.82) is 0 Å². The van der Waals surface area contributed by atoms with Crippen LogP contribution in [0.2, 0.25) is 6.04 Å². The van der Waals surface area contributed by atoms with Crippen LogP contribution in [0.25, 0.3) is 0 Å². The normalized spacial score (nSPS) is 12.2. The van der Waals surface area contributed by atoms with E-state index in [0.717, 1.165) is 12.5 Å². The van der Waals surface area contributed by atoms with Gasteiger partial charge in [-0.2, -0.15) is 0 Å². The first-order valence-corrected chi connectivity index (χ1v) is 8.32. The zero-order chi connectivity index (χ0) is 13.0. The van der Waals surface area contributed by atoms with E-state index in [0.29, 0.717) is 26.4 Å². The summed E-state index contributed by atoms with van der Waals surface area (Å²) < 4.78 is 22.5. The predicted molar refractivity (Wildman–Crippen MR) is 70.8 cm³/mol. The third-order valence-corrected chi connectivity index (χ3v) is 5.22. The lowest BCUT2D eigenvalue weighted by Gasteiger charge is -2.28. The fourth-order valence-electron chi connectivity index (χ4n) is 1.54. The largest absolute Gasteiger partial charge is 0.502 e. The smallest absolute Gasteiger partial charge is 0.501 e. The van der Waals surface area contributed by atoms with E-state index in [4.69, 9.17) is 18.0 Å². The van der Waals surface area contributed by atoms with Crippen molar-refractivity contribution in [2.24, 2.45) is 0 Å². The molecule has 102 valence electrons. The number of hydrogen-bond acceptors (Lipinski definition) is 4. The molecule has 0 atom stereocenters. The van der Waals surface area contributed by atoms with Crippen LogP contribution in [0.3, 0.4) is 0 Å². The van der Waals surface area contributed by atoms with Gasteiger partial charge < -0.3 is 18.0 Å². The molecule has 0 fully saturated rings. The molecule has 0 saturated carbocycles. The molecule has 0 N–H and O–H groups in total. The molecule has 0 aromatic carbocycles. The summed E-state index contributed by atoms with van der Waals surface area (Å²) in [5, 5.41) is 0. The molecule has 0 aliphatic carbocycles. The second-order valence-corrected chi connectivity index (χ2v) is 6.16. The average Bonchev–Trinajstić information content (AvgIpc) is 2.30. The maximum atomic E-state index is 5.74. The van der Waals surface area contributed by atoms with Gasteiger partial charge in [-0.25, -0.2) is 0 Å². The first kappa shape index (κ1) is 16.6. The third-order valence-electron chi connectivity index (χ3n) is 2.07. The highest BCUT2D eigenvalue weighted by molar-refractivity contribution is 6.60. The minimum atomic E-state index is -2.46. The van der Waals surface area contributed by atoms with Crippen molar-refractivity contribution in [1.82, 2.24) is 0 Å². The van der Waals surface area contributed by atoms with Gasteiger partial charge in [-0.05, 0) is 34.1 Å². The first-order chi connectivity index (χ1) is 8.24. The third kappa shape index (κ3) is 7.54. The lowest BCUT2D eigenvalue weighted by Crippen LogP contribution is -2.46. The van der Waals surface area contributed by atoms with Crippen molar-refractivity contribution in [2.45, 2.75) is 40.2 Å². The van der Waals surface area contributed by atoms with Crippen molar-refractivity contribution in [2.75, 3.05) is 26.4 Å². The van der Waals surface area contributed by atoms with E-state index in [-0.39, 0.29) is 0 Å². The van der Waals surface area contributed by atoms with Crippen molar-refractivity contribution in [3.05, 3.63) is 12.3 Å². The molecule has 5 heteroatoms. The minimum Gasteiger partial charge on any atom is -0.502 e. The van der Waals surface area contributed by atoms with E-state index in [1.807, 2.05) is 33.8 Å². The average molecular weight is 262 g/mol.